The molecule has 3 N–H and O–H groups in total. The highest BCUT2D eigenvalue weighted by atomic mass is 35.5. The van der Waals surface area contributed by atoms with E-state index in [1.807, 2.05) is 29.6 Å². The fourth-order valence-corrected chi connectivity index (χ4v) is 3.43. The summed E-state index contributed by atoms with van der Waals surface area (Å²) in [4.78, 5) is 17.4. The van der Waals surface area contributed by atoms with Gasteiger partial charge in [-0.2, -0.15) is 0 Å². The van der Waals surface area contributed by atoms with Gasteiger partial charge in [0.1, 0.15) is 6.10 Å². The number of hydrogen-bond acceptors (Lipinski definition) is 5. The van der Waals surface area contributed by atoms with Crippen molar-refractivity contribution in [3.8, 4) is 10.6 Å². The highest BCUT2D eigenvalue weighted by molar-refractivity contribution is 7.14. The summed E-state index contributed by atoms with van der Waals surface area (Å²) in [6, 6.07) is 12.7. The zero-order chi connectivity index (χ0) is 17.8. The number of thiophene rings is 1. The quantitative estimate of drug-likeness (QED) is 0.645. The largest absolute Gasteiger partial charge is 0.441 e. The molecule has 1 aromatic carbocycles. The molecule has 7 heteroatoms. The summed E-state index contributed by atoms with van der Waals surface area (Å²) in [5, 5.41) is 5.19. The third-order valence-corrected chi connectivity index (χ3v) is 4.83. The number of nitrogens with zero attached hydrogens (tertiary/aromatic N) is 1. The van der Waals surface area contributed by atoms with Gasteiger partial charge in [0.05, 0.1) is 28.1 Å². The molecule has 0 spiro atoms. The Morgan fingerprint density at radius 1 is 1.28 bits per heavy atom. The fraction of sp³-hybridized carbons (Fsp3) is 0.111. The van der Waals surface area contributed by atoms with E-state index in [1.165, 1.54) is 11.3 Å². The molecule has 1 amide bonds. The zero-order valence-corrected chi connectivity index (χ0v) is 15.0. The van der Waals surface area contributed by atoms with Crippen molar-refractivity contribution in [2.75, 3.05) is 11.1 Å². The van der Waals surface area contributed by atoms with E-state index in [-0.39, 0.29) is 0 Å². The first-order valence-electron chi connectivity index (χ1n) is 7.56. The van der Waals surface area contributed by atoms with Gasteiger partial charge in [0.15, 0.2) is 0 Å². The van der Waals surface area contributed by atoms with Crippen LogP contribution in [0.1, 0.15) is 18.6 Å². The molecule has 128 valence electrons. The maximum absolute atomic E-state index is 12.2. The van der Waals surface area contributed by atoms with Crippen LogP contribution in [-0.4, -0.2) is 11.1 Å². The van der Waals surface area contributed by atoms with Gasteiger partial charge in [-0.05, 0) is 36.6 Å². The highest BCUT2D eigenvalue weighted by Gasteiger charge is 2.16. The van der Waals surface area contributed by atoms with Gasteiger partial charge in [-0.15, -0.1) is 11.3 Å². The minimum absolute atomic E-state index is 0.467. The Balaban J connectivity index is 1.71. The first kappa shape index (κ1) is 17.3. The number of carbonyl (C=O) groups is 1. The van der Waals surface area contributed by atoms with E-state index in [2.05, 4.69) is 10.3 Å². The van der Waals surface area contributed by atoms with Gasteiger partial charge in [-0.25, -0.2) is 4.79 Å². The average molecular weight is 374 g/mol. The number of amides is 1. The average Bonchev–Trinajstić information content (AvgIpc) is 3.03. The lowest BCUT2D eigenvalue weighted by Gasteiger charge is -2.15. The molecule has 0 saturated carbocycles. The van der Waals surface area contributed by atoms with Crippen LogP contribution in [0.4, 0.5) is 16.2 Å². The Morgan fingerprint density at radius 2 is 2.08 bits per heavy atom. The van der Waals surface area contributed by atoms with E-state index in [9.17, 15) is 4.79 Å². The molecule has 0 fully saturated rings. The van der Waals surface area contributed by atoms with Crippen molar-refractivity contribution in [2.24, 2.45) is 0 Å². The normalized spacial score (nSPS) is 11.8. The van der Waals surface area contributed by atoms with Crippen molar-refractivity contribution < 1.29 is 9.53 Å². The van der Waals surface area contributed by atoms with E-state index in [4.69, 9.17) is 22.1 Å². The van der Waals surface area contributed by atoms with Crippen molar-refractivity contribution in [3.63, 3.8) is 0 Å². The molecule has 2 heterocycles. The number of nitrogens with two attached hydrogens (primary N) is 1. The monoisotopic (exact) mass is 373 g/mol. The van der Waals surface area contributed by atoms with Crippen LogP contribution < -0.4 is 11.1 Å². The summed E-state index contributed by atoms with van der Waals surface area (Å²) in [5.41, 5.74) is 8.37. The second-order valence-corrected chi connectivity index (χ2v) is 6.66. The molecule has 0 aliphatic rings. The van der Waals surface area contributed by atoms with Gasteiger partial charge < -0.3 is 10.5 Å². The maximum atomic E-state index is 12.2. The second kappa shape index (κ2) is 7.55. The molecule has 2 aromatic heterocycles. The zero-order valence-electron chi connectivity index (χ0n) is 13.4. The van der Waals surface area contributed by atoms with E-state index in [0.29, 0.717) is 16.4 Å². The molecule has 0 bridgehead atoms. The summed E-state index contributed by atoms with van der Waals surface area (Å²) in [7, 11) is 0. The first-order chi connectivity index (χ1) is 12.0. The number of pyridine rings is 1. The predicted octanol–water partition coefficient (Wildman–Crippen LogP) is 5.36. The Kier molecular flexibility index (Phi) is 5.21. The molecule has 1 atom stereocenters. The molecule has 25 heavy (non-hydrogen) atoms. The lowest BCUT2D eigenvalue weighted by molar-refractivity contribution is 0.121. The molecule has 0 aliphatic heterocycles. The van der Waals surface area contributed by atoms with Gasteiger partial charge >= 0.3 is 6.09 Å². The number of aromatic nitrogens is 1. The minimum Gasteiger partial charge on any atom is -0.441 e. The van der Waals surface area contributed by atoms with E-state index < -0.39 is 12.2 Å². The smallest absolute Gasteiger partial charge is 0.412 e. The molecule has 5 nitrogen and oxygen atoms in total. The Bertz CT molecular complexity index is 880. The van der Waals surface area contributed by atoms with Crippen LogP contribution in [0.25, 0.3) is 10.6 Å². The summed E-state index contributed by atoms with van der Waals surface area (Å²) in [6.07, 6.45) is 0.560. The number of carbonyl (C=O) groups excluding carboxylic acids is 1. The third kappa shape index (κ3) is 4.10. The third-order valence-electron chi connectivity index (χ3n) is 3.55. The van der Waals surface area contributed by atoms with Crippen LogP contribution in [0.15, 0.2) is 54.0 Å². The summed E-state index contributed by atoms with van der Waals surface area (Å²) >= 11 is 7.61. The van der Waals surface area contributed by atoms with Crippen molar-refractivity contribution in [1.82, 2.24) is 4.98 Å². The number of benzene rings is 1. The Hall–Kier alpha value is -2.57. The predicted molar refractivity (Wildman–Crippen MR) is 102 cm³/mol. The first-order valence-corrected chi connectivity index (χ1v) is 8.82. The summed E-state index contributed by atoms with van der Waals surface area (Å²) in [5.74, 6) is 0. The lowest BCUT2D eigenvalue weighted by atomic mass is 10.1. The van der Waals surface area contributed by atoms with Gasteiger partial charge in [0.25, 0.3) is 0 Å². The molecule has 0 saturated heterocycles. The SMILES string of the molecule is C[C@@H](OC(=O)Nc1ccsc1-c1ccc(N)cn1)c1ccccc1Cl. The van der Waals surface area contributed by atoms with Crippen LogP contribution >= 0.6 is 22.9 Å². The van der Waals surface area contributed by atoms with E-state index in [0.717, 1.165) is 16.1 Å². The van der Waals surface area contributed by atoms with Gasteiger partial charge in [-0.1, -0.05) is 29.8 Å². The Morgan fingerprint density at radius 3 is 2.80 bits per heavy atom. The van der Waals surface area contributed by atoms with Crippen molar-refractivity contribution >= 4 is 40.4 Å². The molecule has 3 aromatic rings. The molecule has 0 aliphatic carbocycles. The molecule has 0 unspecified atom stereocenters. The van der Waals surface area contributed by atoms with E-state index >= 15 is 0 Å². The number of nitrogens with one attached hydrogen (secondary N) is 1. The van der Waals surface area contributed by atoms with Crippen LogP contribution in [0.3, 0.4) is 0 Å². The van der Waals surface area contributed by atoms with E-state index in [1.54, 1.807) is 31.3 Å². The standard InChI is InChI=1S/C18H16ClN3O2S/c1-11(13-4-2-3-5-14(13)19)24-18(23)22-16-8-9-25-17(16)15-7-6-12(20)10-21-15/h2-11H,20H2,1H3,(H,22,23)/t11-/m1/s1. The van der Waals surface area contributed by atoms with Crippen LogP contribution in [0.5, 0.6) is 0 Å². The highest BCUT2D eigenvalue weighted by Crippen LogP contribution is 2.33. The second-order valence-electron chi connectivity index (χ2n) is 5.33. The van der Waals surface area contributed by atoms with Gasteiger partial charge in [-0.3, -0.25) is 10.3 Å². The Labute approximate surface area is 154 Å². The molecule has 0 radical (unpaired) electrons. The number of rotatable bonds is 4. The molecular formula is C18H16ClN3O2S. The topological polar surface area (TPSA) is 77.2 Å². The maximum Gasteiger partial charge on any atom is 0.412 e. The number of hydrogen-bond donors (Lipinski definition) is 2. The van der Waals surface area contributed by atoms with Crippen LogP contribution in [0, 0.1) is 0 Å². The fourth-order valence-electron chi connectivity index (χ4n) is 2.31. The van der Waals surface area contributed by atoms with Crippen LogP contribution in [-0.2, 0) is 4.74 Å². The van der Waals surface area contributed by atoms with Crippen molar-refractivity contribution in [3.05, 3.63) is 64.6 Å². The number of nitrogen functional groups attached to an aromatic ring is 1. The number of halogens is 1. The van der Waals surface area contributed by atoms with Crippen LogP contribution in [0.2, 0.25) is 5.02 Å². The lowest BCUT2D eigenvalue weighted by Crippen LogP contribution is -2.16. The minimum atomic E-state index is -0.553. The molecule has 3 rings (SSSR count). The summed E-state index contributed by atoms with van der Waals surface area (Å²) < 4.78 is 5.43. The number of anilines is 2. The van der Waals surface area contributed by atoms with Crippen molar-refractivity contribution in [1.29, 1.82) is 0 Å². The van der Waals surface area contributed by atoms with Gasteiger partial charge in [0.2, 0.25) is 0 Å². The number of ether oxygens (including phenoxy) is 1. The van der Waals surface area contributed by atoms with Crippen molar-refractivity contribution in [2.45, 2.75) is 13.0 Å². The summed E-state index contributed by atoms with van der Waals surface area (Å²) in [6.45, 7) is 1.77. The van der Waals surface area contributed by atoms with Gasteiger partial charge in [0, 0.05) is 10.6 Å². The molecular weight excluding hydrogens is 358 g/mol.